The molecule has 1 N–H and O–H groups in total. The molecule has 0 atom stereocenters. The highest BCUT2D eigenvalue weighted by Gasteiger charge is 2.27. The van der Waals surface area contributed by atoms with Crippen LogP contribution in [0, 0.1) is 25.2 Å². The van der Waals surface area contributed by atoms with E-state index >= 15 is 0 Å². The number of rotatable bonds is 4. The molecule has 1 aromatic heterocycles. The van der Waals surface area contributed by atoms with Gasteiger partial charge in [0.15, 0.2) is 0 Å². The number of para-hydroxylation sites is 1. The van der Waals surface area contributed by atoms with E-state index in [1.54, 1.807) is 0 Å². The second-order valence-corrected chi connectivity index (χ2v) is 8.06. The quantitative estimate of drug-likeness (QED) is 0.856. The summed E-state index contributed by atoms with van der Waals surface area (Å²) in [4.78, 5) is 15.1. The molecule has 1 aromatic carbocycles. The van der Waals surface area contributed by atoms with Crippen molar-refractivity contribution in [2.75, 3.05) is 23.3 Å². The lowest BCUT2D eigenvalue weighted by Crippen LogP contribution is -2.33. The average molecular weight is 377 g/mol. The molecule has 5 nitrogen and oxygen atoms in total. The Hall–Kier alpha value is -2.74. The zero-order valence-corrected chi connectivity index (χ0v) is 16.8. The molecule has 0 spiro atoms. The van der Waals surface area contributed by atoms with Crippen molar-refractivity contribution in [3.8, 4) is 6.07 Å². The van der Waals surface area contributed by atoms with Crippen molar-refractivity contribution in [2.24, 2.45) is 0 Å². The maximum atomic E-state index is 12.9. The lowest BCUT2D eigenvalue weighted by molar-refractivity contribution is -0.115. The van der Waals surface area contributed by atoms with Crippen molar-refractivity contribution < 1.29 is 4.79 Å². The number of anilines is 2. The van der Waals surface area contributed by atoms with Crippen LogP contribution in [0.3, 0.4) is 0 Å². The van der Waals surface area contributed by atoms with Crippen LogP contribution in [0.2, 0.25) is 0 Å². The first-order valence-electron chi connectivity index (χ1n) is 10.3. The van der Waals surface area contributed by atoms with E-state index in [9.17, 15) is 10.1 Å². The van der Waals surface area contributed by atoms with Crippen LogP contribution in [0.15, 0.2) is 24.3 Å². The number of benzene rings is 1. The van der Waals surface area contributed by atoms with Crippen LogP contribution in [-0.2, 0) is 11.2 Å². The predicted molar refractivity (Wildman–Crippen MR) is 112 cm³/mol. The molecule has 0 saturated heterocycles. The van der Waals surface area contributed by atoms with E-state index in [-0.39, 0.29) is 5.91 Å². The third-order valence-corrected chi connectivity index (χ3v) is 6.38. The molecule has 146 valence electrons. The van der Waals surface area contributed by atoms with Crippen molar-refractivity contribution >= 4 is 17.4 Å². The molecule has 0 radical (unpaired) electrons. The van der Waals surface area contributed by atoms with Crippen LogP contribution in [0.1, 0.15) is 60.5 Å². The molecule has 4 rings (SSSR count). The third-order valence-electron chi connectivity index (χ3n) is 6.38. The van der Waals surface area contributed by atoms with Crippen LogP contribution in [0.25, 0.3) is 0 Å². The Morgan fingerprint density at radius 1 is 1.21 bits per heavy atom. The summed E-state index contributed by atoms with van der Waals surface area (Å²) in [5.41, 5.74) is 5.14. The summed E-state index contributed by atoms with van der Waals surface area (Å²) in [7, 11) is 0. The molecule has 28 heavy (non-hydrogen) atoms. The van der Waals surface area contributed by atoms with Gasteiger partial charge in [-0.3, -0.25) is 4.79 Å². The molecule has 1 amide bonds. The van der Waals surface area contributed by atoms with E-state index in [1.165, 1.54) is 24.8 Å². The van der Waals surface area contributed by atoms with Crippen molar-refractivity contribution in [3.05, 3.63) is 46.6 Å². The molecule has 5 heteroatoms. The van der Waals surface area contributed by atoms with Gasteiger partial charge in [0.2, 0.25) is 5.91 Å². The number of hydrogen-bond donors (Lipinski definition) is 1. The topological polar surface area (TPSA) is 61.1 Å². The standard InChI is InChI=1S/C23H28N4O/c1-16-17(2)27(19-9-4-3-5-10-19)23(20(16)14-24)25-22(28)15-26-13-12-18-8-6-7-11-21(18)26/h6-8,11,19H,3-5,9-10,12-13,15H2,1-2H3,(H,25,28). The highest BCUT2D eigenvalue weighted by Crippen LogP contribution is 2.37. The van der Waals surface area contributed by atoms with Gasteiger partial charge in [-0.15, -0.1) is 0 Å². The summed E-state index contributed by atoms with van der Waals surface area (Å²) >= 11 is 0. The summed E-state index contributed by atoms with van der Waals surface area (Å²) in [6.07, 6.45) is 6.90. The van der Waals surface area contributed by atoms with Crippen molar-refractivity contribution in [3.63, 3.8) is 0 Å². The van der Waals surface area contributed by atoms with E-state index in [1.807, 2.05) is 19.1 Å². The fourth-order valence-electron chi connectivity index (χ4n) is 4.80. The Kier molecular flexibility index (Phi) is 5.13. The van der Waals surface area contributed by atoms with Crippen LogP contribution < -0.4 is 10.2 Å². The normalized spacial score (nSPS) is 16.7. The van der Waals surface area contributed by atoms with Gasteiger partial charge in [0.25, 0.3) is 0 Å². The number of hydrogen-bond acceptors (Lipinski definition) is 3. The molecule has 0 unspecified atom stereocenters. The highest BCUT2D eigenvalue weighted by atomic mass is 16.2. The third kappa shape index (κ3) is 3.28. The van der Waals surface area contributed by atoms with E-state index in [2.05, 4.69) is 39.9 Å². The van der Waals surface area contributed by atoms with Gasteiger partial charge in [0.05, 0.1) is 12.1 Å². The van der Waals surface area contributed by atoms with Crippen molar-refractivity contribution in [2.45, 2.75) is 58.4 Å². The summed E-state index contributed by atoms with van der Waals surface area (Å²) in [6.45, 7) is 5.23. The zero-order chi connectivity index (χ0) is 19.7. The number of nitrogens with one attached hydrogen (secondary N) is 1. The number of carbonyl (C=O) groups excluding carboxylic acids is 1. The molecule has 1 aliphatic carbocycles. The Balaban J connectivity index is 1.58. The summed E-state index contributed by atoms with van der Waals surface area (Å²) in [6, 6.07) is 11.0. The van der Waals surface area contributed by atoms with Gasteiger partial charge < -0.3 is 14.8 Å². The molecule has 1 aliphatic heterocycles. The molecule has 2 aliphatic rings. The molecule has 1 fully saturated rings. The fourth-order valence-corrected chi connectivity index (χ4v) is 4.80. The van der Waals surface area contributed by atoms with E-state index < -0.39 is 0 Å². The van der Waals surface area contributed by atoms with Gasteiger partial charge in [-0.05, 0) is 50.3 Å². The van der Waals surface area contributed by atoms with E-state index in [0.717, 1.165) is 42.8 Å². The smallest absolute Gasteiger partial charge is 0.245 e. The number of carbonyl (C=O) groups is 1. The van der Waals surface area contributed by atoms with Crippen LogP contribution in [0.4, 0.5) is 11.5 Å². The van der Waals surface area contributed by atoms with Crippen molar-refractivity contribution in [1.82, 2.24) is 4.57 Å². The summed E-state index contributed by atoms with van der Waals surface area (Å²) < 4.78 is 2.23. The molecule has 1 saturated carbocycles. The van der Waals surface area contributed by atoms with Gasteiger partial charge in [0, 0.05) is 24.0 Å². The number of amides is 1. The zero-order valence-electron chi connectivity index (χ0n) is 16.8. The van der Waals surface area contributed by atoms with E-state index in [0.29, 0.717) is 24.0 Å². The first-order valence-corrected chi connectivity index (χ1v) is 10.3. The number of nitrogens with zero attached hydrogens (tertiary/aromatic N) is 3. The summed E-state index contributed by atoms with van der Waals surface area (Å²) in [5.74, 6) is 0.643. The van der Waals surface area contributed by atoms with Crippen molar-refractivity contribution in [1.29, 1.82) is 5.26 Å². The molecular weight excluding hydrogens is 348 g/mol. The maximum absolute atomic E-state index is 12.9. The van der Waals surface area contributed by atoms with Crippen LogP contribution in [-0.4, -0.2) is 23.6 Å². The number of nitriles is 1. The minimum atomic E-state index is -0.0530. The first kappa shape index (κ1) is 18.6. The second-order valence-electron chi connectivity index (χ2n) is 8.06. The van der Waals surface area contributed by atoms with Gasteiger partial charge >= 0.3 is 0 Å². The van der Waals surface area contributed by atoms with Crippen LogP contribution >= 0.6 is 0 Å². The van der Waals surface area contributed by atoms with E-state index in [4.69, 9.17) is 0 Å². The minimum Gasteiger partial charge on any atom is -0.362 e. The van der Waals surface area contributed by atoms with Gasteiger partial charge in [-0.2, -0.15) is 5.26 Å². The lowest BCUT2D eigenvalue weighted by Gasteiger charge is -2.27. The largest absolute Gasteiger partial charge is 0.362 e. The Morgan fingerprint density at radius 2 is 1.96 bits per heavy atom. The maximum Gasteiger partial charge on any atom is 0.245 e. The number of aromatic nitrogens is 1. The predicted octanol–water partition coefficient (Wildman–Crippen LogP) is 4.48. The lowest BCUT2D eigenvalue weighted by atomic mass is 9.95. The fraction of sp³-hybridized carbons (Fsp3) is 0.478. The minimum absolute atomic E-state index is 0.0530. The van der Waals surface area contributed by atoms with Crippen LogP contribution in [0.5, 0.6) is 0 Å². The molecule has 2 aromatic rings. The number of fused-ring (bicyclic) bond motifs is 1. The van der Waals surface area contributed by atoms with Gasteiger partial charge in [0.1, 0.15) is 11.9 Å². The Morgan fingerprint density at radius 3 is 2.71 bits per heavy atom. The Labute approximate surface area is 167 Å². The van der Waals surface area contributed by atoms with Gasteiger partial charge in [-0.1, -0.05) is 37.5 Å². The highest BCUT2D eigenvalue weighted by molar-refractivity contribution is 5.95. The van der Waals surface area contributed by atoms with Gasteiger partial charge in [-0.25, -0.2) is 0 Å². The average Bonchev–Trinajstić information content (AvgIpc) is 3.21. The molecule has 0 bridgehead atoms. The summed E-state index contributed by atoms with van der Waals surface area (Å²) in [5, 5.41) is 12.8. The Bertz CT molecular complexity index is 931. The second kappa shape index (κ2) is 7.71. The molecular formula is C23H28N4O. The molecule has 2 heterocycles. The first-order chi connectivity index (χ1) is 13.6. The SMILES string of the molecule is Cc1c(C#N)c(NC(=O)CN2CCc3ccccc32)n(C2CCCCC2)c1C. The monoisotopic (exact) mass is 376 g/mol.